The number of pyridine rings is 1. The molecule has 3 aromatic rings. The van der Waals surface area contributed by atoms with Gasteiger partial charge in [0, 0.05) is 48.1 Å². The molecule has 0 radical (unpaired) electrons. The summed E-state index contributed by atoms with van der Waals surface area (Å²) in [6.45, 7) is 4.06. The Labute approximate surface area is 262 Å². The van der Waals surface area contributed by atoms with Crippen molar-refractivity contribution in [1.29, 1.82) is 0 Å². The molecule has 1 amide bonds. The fourth-order valence-corrected chi connectivity index (χ4v) is 5.83. The molecule has 2 aromatic heterocycles. The van der Waals surface area contributed by atoms with E-state index in [9.17, 15) is 29.1 Å². The lowest BCUT2D eigenvalue weighted by Gasteiger charge is -2.45. The van der Waals surface area contributed by atoms with Crippen molar-refractivity contribution in [2.24, 2.45) is 4.99 Å². The number of ether oxygens (including phenoxy) is 5. The molecule has 1 saturated heterocycles. The van der Waals surface area contributed by atoms with Gasteiger partial charge in [0.1, 0.15) is 12.7 Å². The van der Waals surface area contributed by atoms with Crippen LogP contribution in [0.3, 0.4) is 0 Å². The third kappa shape index (κ3) is 5.88. The van der Waals surface area contributed by atoms with E-state index < -0.39 is 72.9 Å². The topological polar surface area (TPSA) is 182 Å². The molecule has 0 saturated carbocycles. The van der Waals surface area contributed by atoms with Crippen molar-refractivity contribution in [3.63, 3.8) is 0 Å². The monoisotopic (exact) mass is 719 g/mol. The Bertz CT molecular complexity index is 1840. The largest absolute Gasteiger partial charge is 0.494 e. The smallest absolute Gasteiger partial charge is 0.303 e. The fraction of sp³-hybridized carbons (Fsp3) is 0.345. The number of hydrogen-bond acceptors (Lipinski definition) is 12. The van der Waals surface area contributed by atoms with E-state index in [1.807, 2.05) is 22.6 Å². The molecule has 5 rings (SSSR count). The first-order valence-electron chi connectivity index (χ1n) is 13.3. The minimum atomic E-state index is -1.49. The summed E-state index contributed by atoms with van der Waals surface area (Å²) in [4.78, 5) is 70.0. The van der Waals surface area contributed by atoms with E-state index in [0.717, 1.165) is 24.3 Å². The normalized spacial score (nSPS) is 22.6. The van der Waals surface area contributed by atoms with Crippen molar-refractivity contribution >= 4 is 68.9 Å². The van der Waals surface area contributed by atoms with E-state index in [-0.39, 0.29) is 16.6 Å². The molecule has 14 nitrogen and oxygen atoms in total. The van der Waals surface area contributed by atoms with Crippen LogP contribution in [0.15, 0.2) is 41.5 Å². The Morgan fingerprint density at radius 3 is 2.25 bits per heavy atom. The lowest BCUT2D eigenvalue weighted by molar-refractivity contribution is -0.268. The Morgan fingerprint density at radius 2 is 1.59 bits per heavy atom. The number of nitrogens with zero attached hydrogens (tertiary/aromatic N) is 3. The highest BCUT2D eigenvalue weighted by Crippen LogP contribution is 2.43. The maximum atomic E-state index is 13.2. The van der Waals surface area contributed by atoms with E-state index >= 15 is 0 Å². The van der Waals surface area contributed by atoms with Crippen molar-refractivity contribution < 1.29 is 52.8 Å². The summed E-state index contributed by atoms with van der Waals surface area (Å²) in [5, 5.41) is 12.7. The van der Waals surface area contributed by atoms with Gasteiger partial charge in [0.25, 0.3) is 5.91 Å². The zero-order valence-electron chi connectivity index (χ0n) is 23.8. The molecular weight excluding hydrogens is 693 g/mol. The second-order valence-electron chi connectivity index (χ2n) is 9.99. The molecule has 5 atom stereocenters. The van der Waals surface area contributed by atoms with E-state index in [4.69, 9.17) is 23.7 Å². The predicted molar refractivity (Wildman–Crippen MR) is 156 cm³/mol. The number of esters is 4. The highest BCUT2D eigenvalue weighted by Gasteiger charge is 2.53. The molecule has 4 heterocycles. The number of carbonyl (C=O) groups is 5. The summed E-state index contributed by atoms with van der Waals surface area (Å²) in [7, 11) is 0. The van der Waals surface area contributed by atoms with Gasteiger partial charge in [-0.05, 0) is 34.7 Å². The highest BCUT2D eigenvalue weighted by molar-refractivity contribution is 14.1. The number of para-hydroxylation sites is 1. The minimum Gasteiger partial charge on any atom is -0.494 e. The quantitative estimate of drug-likeness (QED) is 0.208. The second-order valence-corrected chi connectivity index (χ2v) is 11.2. The lowest BCUT2D eigenvalue weighted by atomic mass is 9.97. The van der Waals surface area contributed by atoms with Crippen LogP contribution in [0.4, 0.5) is 0 Å². The summed E-state index contributed by atoms with van der Waals surface area (Å²) < 4.78 is 30.1. The molecule has 230 valence electrons. The van der Waals surface area contributed by atoms with Gasteiger partial charge in [0.2, 0.25) is 5.88 Å². The lowest BCUT2D eigenvalue weighted by Crippen LogP contribution is -2.60. The van der Waals surface area contributed by atoms with Crippen LogP contribution in [-0.2, 0) is 47.7 Å². The molecule has 0 bridgehead atoms. The van der Waals surface area contributed by atoms with Gasteiger partial charge in [-0.1, -0.05) is 18.2 Å². The second kappa shape index (κ2) is 12.3. The summed E-state index contributed by atoms with van der Waals surface area (Å²) in [6.07, 6.45) is -5.49. The molecule has 2 aliphatic rings. The summed E-state index contributed by atoms with van der Waals surface area (Å²) in [6, 6.07) is 8.40. The van der Waals surface area contributed by atoms with Crippen LogP contribution in [0.5, 0.6) is 5.88 Å². The highest BCUT2D eigenvalue weighted by atomic mass is 127. The van der Waals surface area contributed by atoms with Crippen LogP contribution >= 0.6 is 22.6 Å². The zero-order chi connectivity index (χ0) is 31.9. The van der Waals surface area contributed by atoms with Gasteiger partial charge in [0.15, 0.2) is 30.0 Å². The first kappa shape index (κ1) is 31.1. The molecule has 1 aromatic carbocycles. The third-order valence-electron chi connectivity index (χ3n) is 6.88. The maximum absolute atomic E-state index is 13.2. The standard InChI is InChI=1S/C29H26IN3O11/c1-12(34)40-11-20-23(41-13(2)35)24(42-14(3)36)25(43-15(4)37)29(44-20)33-19-8-6-5-7-17(19)22(28(33)39)21-18-9-16(30)10-31-26(18)32-27(21)38/h5-10,20,23-25,29,39H,11H2,1-4H3/t20-,23-,24+,25-,29-/m1/s1. The zero-order valence-corrected chi connectivity index (χ0v) is 26.0. The molecule has 2 aliphatic heterocycles. The molecule has 0 aliphatic carbocycles. The summed E-state index contributed by atoms with van der Waals surface area (Å²) in [5.74, 6) is -4.14. The Morgan fingerprint density at radius 1 is 0.955 bits per heavy atom. The van der Waals surface area contributed by atoms with Gasteiger partial charge in [0.05, 0.1) is 16.7 Å². The van der Waals surface area contributed by atoms with Crippen LogP contribution in [0.2, 0.25) is 0 Å². The van der Waals surface area contributed by atoms with Crippen LogP contribution in [0.25, 0.3) is 16.5 Å². The number of carbonyl (C=O) groups excluding carboxylic acids is 5. The number of aromatic nitrogens is 2. The summed E-state index contributed by atoms with van der Waals surface area (Å²) in [5.41, 5.74) is 0.732. The fourth-order valence-electron chi connectivity index (χ4n) is 5.38. The van der Waals surface area contributed by atoms with Crippen LogP contribution in [0, 0.1) is 3.57 Å². The Kier molecular flexibility index (Phi) is 8.69. The van der Waals surface area contributed by atoms with Crippen LogP contribution in [-0.4, -0.2) is 75.5 Å². The van der Waals surface area contributed by atoms with Gasteiger partial charge >= 0.3 is 23.9 Å². The number of aromatic hydroxyl groups is 1. The van der Waals surface area contributed by atoms with E-state index in [0.29, 0.717) is 16.1 Å². The Balaban J connectivity index is 1.77. The van der Waals surface area contributed by atoms with Gasteiger partial charge in [-0.3, -0.25) is 28.5 Å². The predicted octanol–water partition coefficient (Wildman–Crippen LogP) is 0.961. The van der Waals surface area contributed by atoms with E-state index in [2.05, 4.69) is 9.98 Å². The van der Waals surface area contributed by atoms with Crippen molar-refractivity contribution in [2.45, 2.75) is 58.3 Å². The van der Waals surface area contributed by atoms with Crippen molar-refractivity contribution in [3.05, 3.63) is 56.4 Å². The van der Waals surface area contributed by atoms with Crippen molar-refractivity contribution in [1.82, 2.24) is 9.55 Å². The number of amides is 1. The van der Waals surface area contributed by atoms with E-state index in [1.165, 1.54) is 11.5 Å². The van der Waals surface area contributed by atoms with Crippen LogP contribution < -0.4 is 10.7 Å². The third-order valence-corrected chi connectivity index (χ3v) is 7.47. The van der Waals surface area contributed by atoms with Gasteiger partial charge in [-0.15, -0.1) is 0 Å². The molecule has 0 spiro atoms. The molecular formula is C29H26IN3O11. The average molecular weight is 719 g/mol. The maximum Gasteiger partial charge on any atom is 0.303 e. The number of halogens is 1. The van der Waals surface area contributed by atoms with Gasteiger partial charge in [-0.2, -0.15) is 4.99 Å². The van der Waals surface area contributed by atoms with Crippen molar-refractivity contribution in [2.75, 3.05) is 6.61 Å². The van der Waals surface area contributed by atoms with Gasteiger partial charge in [-0.25, -0.2) is 4.98 Å². The van der Waals surface area contributed by atoms with Crippen molar-refractivity contribution in [3.8, 4) is 5.88 Å². The number of rotatable bonds is 7. The SMILES string of the molecule is CC(=O)OC[C@H]1O[C@@H](n2c(O)c(C3=c4cc(I)cnc4=NC3=O)c3ccccc32)[C@H](OC(C)=O)[C@@H](OC(C)=O)[C@@H]1OC(C)=O. The van der Waals surface area contributed by atoms with Crippen LogP contribution in [0.1, 0.15) is 39.5 Å². The molecule has 1 N–H and O–H groups in total. The number of fused-ring (bicyclic) bond motifs is 2. The average Bonchev–Trinajstić information content (AvgIpc) is 3.40. The molecule has 0 unspecified atom stereocenters. The Hall–Kier alpha value is -4.38. The number of hydrogen-bond donors (Lipinski definition) is 1. The molecule has 44 heavy (non-hydrogen) atoms. The molecule has 1 fully saturated rings. The first-order valence-corrected chi connectivity index (χ1v) is 14.4. The molecule has 15 heteroatoms. The first-order chi connectivity index (χ1) is 20.9. The number of benzene rings is 1. The summed E-state index contributed by atoms with van der Waals surface area (Å²) >= 11 is 2.05. The van der Waals surface area contributed by atoms with E-state index in [1.54, 1.807) is 36.5 Å². The van der Waals surface area contributed by atoms with Gasteiger partial charge < -0.3 is 28.8 Å². The minimum absolute atomic E-state index is 0.0871.